The van der Waals surface area contributed by atoms with Crippen LogP contribution in [0.1, 0.15) is 17.4 Å². The molecule has 1 unspecified atom stereocenters. The normalized spacial score (nSPS) is 18.4. The molecule has 1 saturated heterocycles. The fourth-order valence-corrected chi connectivity index (χ4v) is 2.52. The van der Waals surface area contributed by atoms with Crippen molar-refractivity contribution < 1.29 is 0 Å². The number of nitrogens with one attached hydrogen (secondary N) is 2. The van der Waals surface area contributed by atoms with Gasteiger partial charge in [0.25, 0.3) is 0 Å². The summed E-state index contributed by atoms with van der Waals surface area (Å²) in [6.07, 6.45) is 0. The molecule has 1 aliphatic rings. The number of hydrogen-bond acceptors (Lipinski definition) is 5. The second-order valence-electron chi connectivity index (χ2n) is 4.51. The maximum absolute atomic E-state index is 5.95. The molecule has 100 valence electrons. The summed E-state index contributed by atoms with van der Waals surface area (Å²) in [6.45, 7) is 3.87. The number of halogens is 1. The number of nitrogens with zero attached hydrogens (tertiary/aromatic N) is 4. The molecule has 0 amide bonds. The van der Waals surface area contributed by atoms with Gasteiger partial charge in [0.05, 0.1) is 6.04 Å². The first-order valence-corrected chi connectivity index (χ1v) is 6.66. The Labute approximate surface area is 116 Å². The van der Waals surface area contributed by atoms with E-state index in [0.717, 1.165) is 36.8 Å². The second kappa shape index (κ2) is 5.64. The van der Waals surface area contributed by atoms with Crippen LogP contribution in [0.15, 0.2) is 24.3 Å². The van der Waals surface area contributed by atoms with E-state index in [2.05, 4.69) is 30.8 Å². The summed E-state index contributed by atoms with van der Waals surface area (Å²) in [4.78, 5) is 2.35. The summed E-state index contributed by atoms with van der Waals surface area (Å²) >= 11 is 5.95. The molecule has 1 fully saturated rings. The fourth-order valence-electron chi connectivity index (χ4n) is 2.39. The maximum Gasteiger partial charge on any atom is 0.196 e. The Morgan fingerprint density at radius 3 is 2.53 bits per heavy atom. The highest BCUT2D eigenvalue weighted by Gasteiger charge is 2.27. The van der Waals surface area contributed by atoms with Gasteiger partial charge in [-0.2, -0.15) is 5.21 Å². The summed E-state index contributed by atoms with van der Waals surface area (Å²) in [6, 6.07) is 7.85. The van der Waals surface area contributed by atoms with Crippen LogP contribution in [0.25, 0.3) is 0 Å². The van der Waals surface area contributed by atoms with Crippen molar-refractivity contribution in [1.82, 2.24) is 30.8 Å². The van der Waals surface area contributed by atoms with Gasteiger partial charge in [0, 0.05) is 31.2 Å². The molecule has 0 saturated carbocycles. The van der Waals surface area contributed by atoms with E-state index >= 15 is 0 Å². The second-order valence-corrected chi connectivity index (χ2v) is 4.95. The van der Waals surface area contributed by atoms with E-state index in [0.29, 0.717) is 5.82 Å². The number of aromatic nitrogens is 4. The van der Waals surface area contributed by atoms with Crippen LogP contribution < -0.4 is 5.32 Å². The lowest BCUT2D eigenvalue weighted by Crippen LogP contribution is -2.45. The van der Waals surface area contributed by atoms with Crippen molar-refractivity contribution in [3.8, 4) is 0 Å². The highest BCUT2D eigenvalue weighted by molar-refractivity contribution is 6.30. The number of tetrazole rings is 1. The lowest BCUT2D eigenvalue weighted by Gasteiger charge is -2.33. The van der Waals surface area contributed by atoms with E-state index in [1.807, 2.05) is 24.3 Å². The molecule has 3 rings (SSSR count). The molecule has 2 aromatic rings. The van der Waals surface area contributed by atoms with E-state index in [-0.39, 0.29) is 6.04 Å². The van der Waals surface area contributed by atoms with Crippen molar-refractivity contribution >= 4 is 11.6 Å². The van der Waals surface area contributed by atoms with Crippen molar-refractivity contribution in [3.63, 3.8) is 0 Å². The van der Waals surface area contributed by atoms with Crippen LogP contribution in [-0.4, -0.2) is 51.7 Å². The minimum atomic E-state index is 0.0260. The van der Waals surface area contributed by atoms with Gasteiger partial charge < -0.3 is 5.32 Å². The van der Waals surface area contributed by atoms with Gasteiger partial charge >= 0.3 is 0 Å². The predicted molar refractivity (Wildman–Crippen MR) is 71.9 cm³/mol. The smallest absolute Gasteiger partial charge is 0.196 e. The van der Waals surface area contributed by atoms with Crippen LogP contribution in [0.2, 0.25) is 5.02 Å². The predicted octanol–water partition coefficient (Wildman–Crippen LogP) is 0.848. The monoisotopic (exact) mass is 278 g/mol. The molecule has 2 heterocycles. The Balaban J connectivity index is 1.93. The van der Waals surface area contributed by atoms with E-state index in [9.17, 15) is 0 Å². The lowest BCUT2D eigenvalue weighted by atomic mass is 10.0. The van der Waals surface area contributed by atoms with Crippen molar-refractivity contribution in [3.05, 3.63) is 40.7 Å². The molecule has 0 bridgehead atoms. The van der Waals surface area contributed by atoms with Crippen LogP contribution in [0, 0.1) is 0 Å². The molecule has 1 aromatic heterocycles. The summed E-state index contributed by atoms with van der Waals surface area (Å²) < 4.78 is 0. The van der Waals surface area contributed by atoms with E-state index < -0.39 is 0 Å². The molecule has 0 spiro atoms. The van der Waals surface area contributed by atoms with Crippen molar-refractivity contribution in [2.45, 2.75) is 6.04 Å². The summed E-state index contributed by atoms with van der Waals surface area (Å²) in [5.41, 5.74) is 1.13. The zero-order chi connectivity index (χ0) is 13.1. The maximum atomic E-state index is 5.95. The van der Waals surface area contributed by atoms with Crippen LogP contribution in [-0.2, 0) is 0 Å². The van der Waals surface area contributed by atoms with E-state index in [4.69, 9.17) is 11.6 Å². The van der Waals surface area contributed by atoms with Gasteiger partial charge in [0.15, 0.2) is 5.82 Å². The third-order valence-electron chi connectivity index (χ3n) is 3.31. The SMILES string of the molecule is Clc1ccc(C(c2nn[nH]n2)N2CCNCC2)cc1. The van der Waals surface area contributed by atoms with Gasteiger partial charge in [-0.1, -0.05) is 28.9 Å². The first kappa shape index (κ1) is 12.5. The fraction of sp³-hybridized carbons (Fsp3) is 0.417. The Kier molecular flexibility index (Phi) is 3.72. The summed E-state index contributed by atoms with van der Waals surface area (Å²) in [5.74, 6) is 0.698. The molecular weight excluding hydrogens is 264 g/mol. The van der Waals surface area contributed by atoms with Crippen LogP contribution in [0.5, 0.6) is 0 Å². The first-order valence-electron chi connectivity index (χ1n) is 6.28. The average molecular weight is 279 g/mol. The van der Waals surface area contributed by atoms with E-state index in [1.165, 1.54) is 0 Å². The van der Waals surface area contributed by atoms with Crippen LogP contribution in [0.3, 0.4) is 0 Å². The lowest BCUT2D eigenvalue weighted by molar-refractivity contribution is 0.192. The van der Waals surface area contributed by atoms with Gasteiger partial charge in [-0.25, -0.2) is 0 Å². The Hall–Kier alpha value is -1.50. The highest BCUT2D eigenvalue weighted by atomic mass is 35.5. The van der Waals surface area contributed by atoms with Gasteiger partial charge in [0.2, 0.25) is 0 Å². The molecular formula is C12H15ClN6. The quantitative estimate of drug-likeness (QED) is 0.871. The van der Waals surface area contributed by atoms with E-state index in [1.54, 1.807) is 0 Å². The number of aromatic amines is 1. The molecule has 6 nitrogen and oxygen atoms in total. The average Bonchev–Trinajstić information content (AvgIpc) is 2.96. The zero-order valence-corrected chi connectivity index (χ0v) is 11.1. The Morgan fingerprint density at radius 1 is 1.16 bits per heavy atom. The van der Waals surface area contributed by atoms with Gasteiger partial charge in [-0.15, -0.1) is 10.2 Å². The van der Waals surface area contributed by atoms with Crippen molar-refractivity contribution in [1.29, 1.82) is 0 Å². The molecule has 7 heteroatoms. The standard InChI is InChI=1S/C12H15ClN6/c13-10-3-1-9(2-4-10)11(12-15-17-18-16-12)19-7-5-14-6-8-19/h1-4,11,14H,5-8H2,(H,15,16,17,18). The number of benzene rings is 1. The minimum Gasteiger partial charge on any atom is -0.314 e. The van der Waals surface area contributed by atoms with Gasteiger partial charge in [-0.05, 0) is 17.7 Å². The Bertz CT molecular complexity index is 506. The van der Waals surface area contributed by atoms with Crippen molar-refractivity contribution in [2.75, 3.05) is 26.2 Å². The molecule has 1 atom stereocenters. The largest absolute Gasteiger partial charge is 0.314 e. The molecule has 2 N–H and O–H groups in total. The third-order valence-corrected chi connectivity index (χ3v) is 3.56. The van der Waals surface area contributed by atoms with Gasteiger partial charge in [-0.3, -0.25) is 4.90 Å². The number of hydrogen-bond donors (Lipinski definition) is 2. The summed E-state index contributed by atoms with van der Waals surface area (Å²) in [5, 5.41) is 18.6. The third kappa shape index (κ3) is 2.75. The first-order chi connectivity index (χ1) is 9.34. The number of rotatable bonds is 3. The molecule has 0 aliphatic carbocycles. The Morgan fingerprint density at radius 2 is 1.89 bits per heavy atom. The molecule has 19 heavy (non-hydrogen) atoms. The zero-order valence-electron chi connectivity index (χ0n) is 10.4. The van der Waals surface area contributed by atoms with Crippen LogP contribution in [0.4, 0.5) is 0 Å². The molecule has 1 aromatic carbocycles. The molecule has 1 aliphatic heterocycles. The highest BCUT2D eigenvalue weighted by Crippen LogP contribution is 2.26. The minimum absolute atomic E-state index is 0.0260. The van der Waals surface area contributed by atoms with Crippen LogP contribution >= 0.6 is 11.6 Å². The number of H-pyrrole nitrogens is 1. The summed E-state index contributed by atoms with van der Waals surface area (Å²) in [7, 11) is 0. The molecule has 0 radical (unpaired) electrons. The topological polar surface area (TPSA) is 69.7 Å². The van der Waals surface area contributed by atoms with Gasteiger partial charge in [0.1, 0.15) is 0 Å². The number of piperazine rings is 1. The van der Waals surface area contributed by atoms with Crippen molar-refractivity contribution in [2.24, 2.45) is 0 Å².